The molecule has 124 valence electrons. The Hall–Kier alpha value is -1.95. The Balaban J connectivity index is 1.57. The van der Waals surface area contributed by atoms with Gasteiger partial charge in [0.05, 0.1) is 18.3 Å². The van der Waals surface area contributed by atoms with Gasteiger partial charge in [-0.3, -0.25) is 19.5 Å². The van der Waals surface area contributed by atoms with E-state index in [1.54, 1.807) is 6.20 Å². The van der Waals surface area contributed by atoms with Crippen LogP contribution in [0.2, 0.25) is 0 Å². The molecule has 1 atom stereocenters. The Morgan fingerprint density at radius 1 is 1.17 bits per heavy atom. The van der Waals surface area contributed by atoms with Crippen molar-refractivity contribution < 1.29 is 9.59 Å². The van der Waals surface area contributed by atoms with E-state index in [2.05, 4.69) is 9.88 Å². The van der Waals surface area contributed by atoms with Crippen molar-refractivity contribution in [2.75, 3.05) is 26.2 Å². The van der Waals surface area contributed by atoms with Gasteiger partial charge in [-0.25, -0.2) is 0 Å². The topological polar surface area (TPSA) is 79.5 Å². The van der Waals surface area contributed by atoms with E-state index in [1.807, 2.05) is 23.1 Å². The van der Waals surface area contributed by atoms with Crippen LogP contribution in [0.5, 0.6) is 0 Å². The molecule has 2 aliphatic heterocycles. The van der Waals surface area contributed by atoms with E-state index in [-0.39, 0.29) is 23.8 Å². The maximum absolute atomic E-state index is 12.7. The molecule has 0 aromatic carbocycles. The molecule has 1 aromatic heterocycles. The first kappa shape index (κ1) is 15.9. The van der Waals surface area contributed by atoms with Crippen LogP contribution in [0.3, 0.4) is 0 Å². The summed E-state index contributed by atoms with van der Waals surface area (Å²) in [6.45, 7) is 2.76. The molecule has 23 heavy (non-hydrogen) atoms. The number of nitrogens with zero attached hydrogens (tertiary/aromatic N) is 3. The zero-order chi connectivity index (χ0) is 16.2. The van der Waals surface area contributed by atoms with Crippen molar-refractivity contribution in [1.82, 2.24) is 14.8 Å². The van der Waals surface area contributed by atoms with Crippen molar-refractivity contribution in [3.63, 3.8) is 0 Å². The van der Waals surface area contributed by atoms with Crippen LogP contribution in [0.25, 0.3) is 0 Å². The van der Waals surface area contributed by atoms with Crippen LogP contribution in [0.4, 0.5) is 0 Å². The quantitative estimate of drug-likeness (QED) is 0.896. The first-order valence-electron chi connectivity index (χ1n) is 8.37. The first-order chi connectivity index (χ1) is 11.1. The van der Waals surface area contributed by atoms with Crippen molar-refractivity contribution in [3.8, 4) is 0 Å². The monoisotopic (exact) mass is 316 g/mol. The van der Waals surface area contributed by atoms with Gasteiger partial charge in [0.25, 0.3) is 0 Å². The summed E-state index contributed by atoms with van der Waals surface area (Å²) < 4.78 is 0. The van der Waals surface area contributed by atoms with E-state index in [4.69, 9.17) is 5.73 Å². The van der Waals surface area contributed by atoms with Crippen molar-refractivity contribution in [2.24, 2.45) is 11.7 Å². The Morgan fingerprint density at radius 3 is 2.61 bits per heavy atom. The lowest BCUT2D eigenvalue weighted by atomic mass is 9.96. The van der Waals surface area contributed by atoms with Gasteiger partial charge in [0.1, 0.15) is 0 Å². The summed E-state index contributed by atoms with van der Waals surface area (Å²) in [6, 6.07) is 5.96. The predicted octanol–water partition coefficient (Wildman–Crippen LogP) is 0.942. The molecule has 1 aromatic rings. The average Bonchev–Trinajstić information content (AvgIpc) is 3.06. The zero-order valence-electron chi connectivity index (χ0n) is 13.4. The minimum absolute atomic E-state index is 0.0330. The highest BCUT2D eigenvalue weighted by Gasteiger charge is 2.32. The summed E-state index contributed by atoms with van der Waals surface area (Å²) in [6.07, 6.45) is 5.30. The third kappa shape index (κ3) is 3.69. The molecule has 6 heteroatoms. The van der Waals surface area contributed by atoms with Crippen LogP contribution < -0.4 is 5.73 Å². The number of carbonyl (C=O) groups is 2. The molecule has 6 nitrogen and oxygen atoms in total. The van der Waals surface area contributed by atoms with Gasteiger partial charge in [0.2, 0.25) is 11.8 Å². The fourth-order valence-electron chi connectivity index (χ4n) is 3.60. The van der Waals surface area contributed by atoms with Crippen molar-refractivity contribution in [3.05, 3.63) is 30.1 Å². The largest absolute Gasteiger partial charge is 0.369 e. The number of likely N-dealkylation sites (tertiary alicyclic amines) is 2. The second-order valence-corrected chi connectivity index (χ2v) is 6.45. The van der Waals surface area contributed by atoms with Crippen LogP contribution in [0.15, 0.2) is 24.4 Å². The first-order valence-corrected chi connectivity index (χ1v) is 8.37. The normalized spacial score (nSPS) is 23.1. The van der Waals surface area contributed by atoms with E-state index < -0.39 is 0 Å². The number of piperidine rings is 1. The predicted molar refractivity (Wildman–Crippen MR) is 86.3 cm³/mol. The van der Waals surface area contributed by atoms with E-state index in [9.17, 15) is 9.59 Å². The van der Waals surface area contributed by atoms with Gasteiger partial charge in [0.15, 0.2) is 0 Å². The highest BCUT2D eigenvalue weighted by atomic mass is 16.2. The zero-order valence-corrected chi connectivity index (χ0v) is 13.4. The molecule has 2 N–H and O–H groups in total. The molecule has 0 saturated carbocycles. The molecule has 2 saturated heterocycles. The number of rotatable bonds is 4. The summed E-state index contributed by atoms with van der Waals surface area (Å²) in [5, 5.41) is 0. The van der Waals surface area contributed by atoms with E-state index in [0.29, 0.717) is 6.54 Å². The molecule has 0 aliphatic carbocycles. The molecular weight excluding hydrogens is 292 g/mol. The van der Waals surface area contributed by atoms with Gasteiger partial charge in [-0.05, 0) is 50.9 Å². The maximum atomic E-state index is 12.7. The smallest absolute Gasteiger partial charge is 0.237 e. The van der Waals surface area contributed by atoms with Gasteiger partial charge >= 0.3 is 0 Å². The molecule has 3 rings (SSSR count). The Labute approximate surface area is 136 Å². The summed E-state index contributed by atoms with van der Waals surface area (Å²) in [5.74, 6) is -0.0872. The van der Waals surface area contributed by atoms with E-state index >= 15 is 0 Å². The van der Waals surface area contributed by atoms with Crippen LogP contribution in [-0.4, -0.2) is 52.8 Å². The molecule has 3 heterocycles. The minimum atomic E-state index is -0.217. The Morgan fingerprint density at radius 2 is 1.96 bits per heavy atom. The molecule has 0 unspecified atom stereocenters. The van der Waals surface area contributed by atoms with E-state index in [0.717, 1.165) is 51.0 Å². The number of primary amides is 1. The highest BCUT2D eigenvalue weighted by molar-refractivity contribution is 5.79. The van der Waals surface area contributed by atoms with Crippen molar-refractivity contribution in [2.45, 2.75) is 31.7 Å². The van der Waals surface area contributed by atoms with Crippen LogP contribution >= 0.6 is 0 Å². The summed E-state index contributed by atoms with van der Waals surface area (Å²) in [4.78, 5) is 32.4. The van der Waals surface area contributed by atoms with Gasteiger partial charge in [-0.2, -0.15) is 0 Å². The van der Waals surface area contributed by atoms with Crippen LogP contribution in [-0.2, 0) is 9.59 Å². The maximum Gasteiger partial charge on any atom is 0.237 e. The summed E-state index contributed by atoms with van der Waals surface area (Å²) >= 11 is 0. The van der Waals surface area contributed by atoms with Gasteiger partial charge in [-0.15, -0.1) is 0 Å². The molecule has 0 radical (unpaired) electrons. The van der Waals surface area contributed by atoms with Crippen LogP contribution in [0, 0.1) is 5.92 Å². The fourth-order valence-corrected chi connectivity index (χ4v) is 3.60. The third-order valence-electron chi connectivity index (χ3n) is 4.95. The standard InChI is InChI=1S/C17H24N4O2/c18-17(23)13-6-10-20(11-7-13)12-16(22)21-9-3-5-15(21)14-4-1-2-8-19-14/h1-2,4,8,13,15H,3,5-7,9-12H2,(H2,18,23)/t15-/m0/s1. The molecule has 0 spiro atoms. The molecule has 0 bridgehead atoms. The lowest BCUT2D eigenvalue weighted by Crippen LogP contribution is -2.44. The molecular formula is C17H24N4O2. The minimum Gasteiger partial charge on any atom is -0.369 e. The Bertz CT molecular complexity index is 555. The number of aromatic nitrogens is 1. The fraction of sp³-hybridized carbons (Fsp3) is 0.588. The average molecular weight is 316 g/mol. The summed E-state index contributed by atoms with van der Waals surface area (Å²) in [7, 11) is 0. The number of nitrogens with two attached hydrogens (primary N) is 1. The van der Waals surface area contributed by atoms with Gasteiger partial charge < -0.3 is 10.6 Å². The summed E-state index contributed by atoms with van der Waals surface area (Å²) in [5.41, 5.74) is 6.33. The third-order valence-corrected chi connectivity index (χ3v) is 4.95. The van der Waals surface area contributed by atoms with Crippen LogP contribution in [0.1, 0.15) is 37.4 Å². The van der Waals surface area contributed by atoms with E-state index in [1.165, 1.54) is 0 Å². The second-order valence-electron chi connectivity index (χ2n) is 6.45. The van der Waals surface area contributed by atoms with Gasteiger partial charge in [0, 0.05) is 18.7 Å². The molecule has 2 fully saturated rings. The number of carbonyl (C=O) groups excluding carboxylic acids is 2. The molecule has 2 amide bonds. The number of hydrogen-bond donors (Lipinski definition) is 1. The van der Waals surface area contributed by atoms with Crippen molar-refractivity contribution in [1.29, 1.82) is 0 Å². The number of hydrogen-bond acceptors (Lipinski definition) is 4. The second kappa shape index (κ2) is 7.08. The molecule has 2 aliphatic rings. The number of pyridine rings is 1. The lowest BCUT2D eigenvalue weighted by Gasteiger charge is -2.32. The van der Waals surface area contributed by atoms with Gasteiger partial charge in [-0.1, -0.05) is 6.07 Å². The van der Waals surface area contributed by atoms with Crippen molar-refractivity contribution >= 4 is 11.8 Å². The SMILES string of the molecule is NC(=O)C1CCN(CC(=O)N2CCC[C@H]2c2ccccn2)CC1. The lowest BCUT2D eigenvalue weighted by molar-refractivity contribution is -0.134. The Kier molecular flexibility index (Phi) is 4.91. The highest BCUT2D eigenvalue weighted by Crippen LogP contribution is 2.30. The number of amides is 2.